The average Bonchev–Trinajstić information content (AvgIpc) is 3.27. The summed E-state index contributed by atoms with van der Waals surface area (Å²) in [5.41, 5.74) is 5.29. The molecule has 0 atom stereocenters. The van der Waals surface area contributed by atoms with E-state index in [4.69, 9.17) is 33.3 Å². The van der Waals surface area contributed by atoms with Crippen molar-refractivity contribution in [3.05, 3.63) is 48.3 Å². The molecule has 126 valence electrons. The molecule has 2 heterocycles. The first-order valence-corrected chi connectivity index (χ1v) is 7.73. The number of hydrogen-bond acceptors (Lipinski definition) is 6. The molecule has 0 aliphatic rings. The molecule has 0 spiro atoms. The van der Waals surface area contributed by atoms with E-state index < -0.39 is 0 Å². The highest BCUT2D eigenvalue weighted by Crippen LogP contribution is 1.98. The quantitative estimate of drug-likeness (QED) is 0.333. The summed E-state index contributed by atoms with van der Waals surface area (Å²) in [4.78, 5) is 0. The van der Waals surface area contributed by atoms with Gasteiger partial charge in [0.2, 0.25) is 0 Å². The van der Waals surface area contributed by atoms with E-state index in [1.165, 1.54) is 12.4 Å². The van der Waals surface area contributed by atoms with Gasteiger partial charge in [0.05, 0.1) is 38.0 Å². The smallest absolute Gasteiger partial charge is 0.187 e. The fraction of sp³-hybridized carbons (Fsp3) is 0.143. The van der Waals surface area contributed by atoms with Crippen LogP contribution in [0.25, 0.3) is 0 Å². The van der Waals surface area contributed by atoms with Crippen LogP contribution in [-0.4, -0.2) is 22.7 Å². The monoisotopic (exact) mass is 364 g/mol. The highest BCUT2D eigenvalue weighted by molar-refractivity contribution is 7.80. The van der Waals surface area contributed by atoms with Crippen LogP contribution in [-0.2, 0) is 13.1 Å². The van der Waals surface area contributed by atoms with Gasteiger partial charge in [0.15, 0.2) is 10.2 Å². The molecule has 0 aliphatic heterocycles. The van der Waals surface area contributed by atoms with E-state index in [9.17, 15) is 0 Å². The normalized spacial score (nSPS) is 10.8. The molecule has 10 heteroatoms. The molecule has 24 heavy (non-hydrogen) atoms. The first-order chi connectivity index (χ1) is 11.7. The number of nitrogens with zero attached hydrogens (tertiary/aromatic N) is 2. The van der Waals surface area contributed by atoms with Gasteiger partial charge in [-0.1, -0.05) is 0 Å². The summed E-state index contributed by atoms with van der Waals surface area (Å²) < 4.78 is 10.3. The number of rotatable bonds is 7. The average molecular weight is 364 g/mol. The third-order valence-electron chi connectivity index (χ3n) is 2.55. The Bertz CT molecular complexity index is 622. The van der Waals surface area contributed by atoms with Crippen LogP contribution in [0.3, 0.4) is 0 Å². The second kappa shape index (κ2) is 10.1. The van der Waals surface area contributed by atoms with Crippen molar-refractivity contribution in [3.8, 4) is 0 Å². The van der Waals surface area contributed by atoms with Crippen LogP contribution in [0, 0.1) is 0 Å². The van der Waals surface area contributed by atoms with Gasteiger partial charge < -0.3 is 19.5 Å². The lowest BCUT2D eigenvalue weighted by Gasteiger charge is -2.04. The van der Waals surface area contributed by atoms with Gasteiger partial charge in [-0.25, -0.2) is 0 Å². The number of hydrogen-bond donors (Lipinski definition) is 4. The standard InChI is InChI=1S/C14H16N6O2S2/c23-13(15-9-11-3-1-7-21-11)19-17-5-6-18-20-14(24)16-10-12-4-2-8-22-12/h1-8H,9-10H2,(H2,15,19,23)(H2,16,20,24)/b17-5+,18-6+. The van der Waals surface area contributed by atoms with Crippen molar-refractivity contribution < 1.29 is 8.83 Å². The molecular weight excluding hydrogens is 348 g/mol. The minimum absolute atomic E-state index is 0.375. The van der Waals surface area contributed by atoms with Crippen molar-refractivity contribution in [2.75, 3.05) is 0 Å². The first-order valence-electron chi connectivity index (χ1n) is 6.91. The van der Waals surface area contributed by atoms with Crippen LogP contribution < -0.4 is 21.5 Å². The van der Waals surface area contributed by atoms with E-state index >= 15 is 0 Å². The Morgan fingerprint density at radius 3 is 1.71 bits per heavy atom. The van der Waals surface area contributed by atoms with Gasteiger partial charge in [0.1, 0.15) is 11.5 Å². The summed E-state index contributed by atoms with van der Waals surface area (Å²) in [5, 5.41) is 14.4. The lowest BCUT2D eigenvalue weighted by molar-refractivity contribution is 0.502. The zero-order valence-corrected chi connectivity index (χ0v) is 14.2. The van der Waals surface area contributed by atoms with Crippen LogP contribution in [0.15, 0.2) is 55.8 Å². The van der Waals surface area contributed by atoms with Gasteiger partial charge >= 0.3 is 0 Å². The minimum atomic E-state index is 0.375. The lowest BCUT2D eigenvalue weighted by Crippen LogP contribution is -2.32. The Kier molecular flexibility index (Phi) is 7.44. The molecule has 0 saturated heterocycles. The van der Waals surface area contributed by atoms with Crippen LogP contribution in [0.4, 0.5) is 0 Å². The van der Waals surface area contributed by atoms with Crippen LogP contribution in [0.5, 0.6) is 0 Å². The van der Waals surface area contributed by atoms with E-state index in [0.29, 0.717) is 23.3 Å². The fourth-order valence-corrected chi connectivity index (χ4v) is 1.75. The van der Waals surface area contributed by atoms with Crippen LogP contribution in [0.2, 0.25) is 0 Å². The Balaban J connectivity index is 1.54. The Morgan fingerprint density at radius 2 is 1.33 bits per heavy atom. The van der Waals surface area contributed by atoms with Gasteiger partial charge in [-0.05, 0) is 48.7 Å². The molecule has 2 aromatic heterocycles. The van der Waals surface area contributed by atoms with Crippen molar-refractivity contribution in [3.63, 3.8) is 0 Å². The van der Waals surface area contributed by atoms with E-state index in [1.54, 1.807) is 12.5 Å². The molecule has 0 amide bonds. The molecule has 0 bridgehead atoms. The molecule has 4 N–H and O–H groups in total. The van der Waals surface area contributed by atoms with Gasteiger partial charge in [0, 0.05) is 0 Å². The number of hydrazone groups is 2. The van der Waals surface area contributed by atoms with Crippen molar-refractivity contribution in [1.29, 1.82) is 0 Å². The third-order valence-corrected chi connectivity index (χ3v) is 3.03. The lowest BCUT2D eigenvalue weighted by atomic mass is 10.4. The SMILES string of the molecule is S=C(NCc1ccco1)N/N=C/C=N/NC(=S)NCc1ccco1. The zero-order chi connectivity index (χ0) is 17.0. The molecule has 0 radical (unpaired) electrons. The highest BCUT2D eigenvalue weighted by Gasteiger charge is 1.97. The maximum Gasteiger partial charge on any atom is 0.187 e. The molecular formula is C14H16N6O2S2. The fourth-order valence-electron chi connectivity index (χ4n) is 1.50. The Morgan fingerprint density at radius 1 is 0.875 bits per heavy atom. The summed E-state index contributed by atoms with van der Waals surface area (Å²) in [7, 11) is 0. The predicted octanol–water partition coefficient (Wildman–Crippen LogP) is 1.47. The van der Waals surface area contributed by atoms with Crippen molar-refractivity contribution in [2.45, 2.75) is 13.1 Å². The zero-order valence-electron chi connectivity index (χ0n) is 12.6. The molecule has 0 fully saturated rings. The summed E-state index contributed by atoms with van der Waals surface area (Å²) in [6.45, 7) is 0.971. The Hall–Kier alpha value is -2.72. The molecule has 2 aromatic rings. The number of nitrogens with one attached hydrogen (secondary N) is 4. The molecule has 0 saturated carbocycles. The van der Waals surface area contributed by atoms with Gasteiger partial charge in [0.25, 0.3) is 0 Å². The minimum Gasteiger partial charge on any atom is -0.467 e. The third kappa shape index (κ3) is 7.03. The molecule has 0 aliphatic carbocycles. The largest absolute Gasteiger partial charge is 0.467 e. The van der Waals surface area contributed by atoms with E-state index in [0.717, 1.165) is 11.5 Å². The maximum atomic E-state index is 5.17. The maximum absolute atomic E-state index is 5.17. The molecule has 8 nitrogen and oxygen atoms in total. The molecule has 2 rings (SSSR count). The summed E-state index contributed by atoms with van der Waals surface area (Å²) in [6.07, 6.45) is 6.07. The van der Waals surface area contributed by atoms with Gasteiger partial charge in [-0.15, -0.1) is 0 Å². The molecule has 0 unspecified atom stereocenters. The van der Waals surface area contributed by atoms with Gasteiger partial charge in [-0.2, -0.15) is 10.2 Å². The van der Waals surface area contributed by atoms with E-state index in [-0.39, 0.29) is 0 Å². The van der Waals surface area contributed by atoms with Crippen LogP contribution in [0.1, 0.15) is 11.5 Å². The van der Waals surface area contributed by atoms with Gasteiger partial charge in [-0.3, -0.25) is 10.9 Å². The number of furan rings is 2. The van der Waals surface area contributed by atoms with Crippen molar-refractivity contribution in [1.82, 2.24) is 21.5 Å². The summed E-state index contributed by atoms with van der Waals surface area (Å²) in [5.74, 6) is 1.56. The molecule has 0 aromatic carbocycles. The van der Waals surface area contributed by atoms with E-state index in [1.807, 2.05) is 24.3 Å². The first kappa shape index (κ1) is 17.6. The number of thiocarbonyl (C=S) groups is 2. The second-order valence-electron chi connectivity index (χ2n) is 4.30. The topological polar surface area (TPSA) is 99.1 Å². The van der Waals surface area contributed by atoms with Crippen molar-refractivity contribution in [2.24, 2.45) is 10.2 Å². The van der Waals surface area contributed by atoms with Crippen molar-refractivity contribution >= 4 is 47.1 Å². The van der Waals surface area contributed by atoms with Crippen LogP contribution >= 0.6 is 24.4 Å². The summed E-state index contributed by atoms with van der Waals surface area (Å²) >= 11 is 10.1. The highest BCUT2D eigenvalue weighted by atomic mass is 32.1. The Labute approximate surface area is 149 Å². The van der Waals surface area contributed by atoms with E-state index in [2.05, 4.69) is 31.7 Å². The summed E-state index contributed by atoms with van der Waals surface area (Å²) in [6, 6.07) is 7.31. The second-order valence-corrected chi connectivity index (χ2v) is 5.12. The predicted molar refractivity (Wildman–Crippen MR) is 99.5 cm³/mol.